The van der Waals surface area contributed by atoms with Crippen LogP contribution in [0.4, 0.5) is 5.69 Å². The van der Waals surface area contributed by atoms with E-state index in [0.717, 1.165) is 18.2 Å². The third-order valence-electron chi connectivity index (χ3n) is 3.76. The molecule has 2 rings (SSSR count). The number of hydrogen-bond acceptors (Lipinski definition) is 8. The molecule has 0 saturated heterocycles. The molecule has 11 heteroatoms. The molecular formula is C20H22N2O8S. The van der Waals surface area contributed by atoms with Crippen LogP contribution in [0, 0.1) is 10.1 Å². The van der Waals surface area contributed by atoms with Crippen LogP contribution in [0.15, 0.2) is 53.4 Å². The van der Waals surface area contributed by atoms with Crippen molar-refractivity contribution in [2.75, 3.05) is 0 Å². The second-order valence-corrected chi connectivity index (χ2v) is 9.15. The quantitative estimate of drug-likeness (QED) is 0.294. The Balaban J connectivity index is 2.08. The summed E-state index contributed by atoms with van der Waals surface area (Å²) in [6, 6.07) is 9.43. The van der Waals surface area contributed by atoms with Crippen molar-refractivity contribution in [3.63, 3.8) is 0 Å². The van der Waals surface area contributed by atoms with Gasteiger partial charge in [0.05, 0.1) is 10.5 Å². The molecule has 1 atom stereocenters. The number of nitrogens with one attached hydrogen (secondary N) is 1. The number of nitro benzene ring substituents is 1. The molecule has 0 aliphatic carbocycles. The van der Waals surface area contributed by atoms with Gasteiger partial charge in [-0.1, -0.05) is 6.07 Å². The molecule has 1 amide bonds. The van der Waals surface area contributed by atoms with E-state index in [2.05, 4.69) is 5.32 Å². The number of nitro groups is 1. The first kappa shape index (κ1) is 23.8. The Morgan fingerprint density at radius 2 is 1.71 bits per heavy atom. The highest BCUT2D eigenvalue weighted by Crippen LogP contribution is 2.22. The van der Waals surface area contributed by atoms with E-state index in [9.17, 15) is 28.1 Å². The highest BCUT2D eigenvalue weighted by molar-refractivity contribution is 7.87. The van der Waals surface area contributed by atoms with Crippen LogP contribution in [-0.2, 0) is 19.6 Å². The minimum Gasteiger partial charge on any atom is -0.449 e. The number of non-ortho nitro benzene ring substituents is 1. The molecule has 0 spiro atoms. The van der Waals surface area contributed by atoms with E-state index in [1.54, 1.807) is 20.8 Å². The molecule has 0 radical (unpaired) electrons. The van der Waals surface area contributed by atoms with Crippen LogP contribution in [0.5, 0.6) is 5.75 Å². The predicted molar refractivity (Wildman–Crippen MR) is 110 cm³/mol. The van der Waals surface area contributed by atoms with Gasteiger partial charge in [-0.25, -0.2) is 4.79 Å². The van der Waals surface area contributed by atoms with Crippen LogP contribution in [0.2, 0.25) is 0 Å². The Labute approximate surface area is 179 Å². The monoisotopic (exact) mass is 450 g/mol. The van der Waals surface area contributed by atoms with Crippen molar-refractivity contribution in [3.8, 4) is 5.75 Å². The Kier molecular flexibility index (Phi) is 7.01. The predicted octanol–water partition coefficient (Wildman–Crippen LogP) is 2.82. The normalized spacial score (nSPS) is 12.5. The lowest BCUT2D eigenvalue weighted by Crippen LogP contribution is -2.46. The molecule has 1 unspecified atom stereocenters. The first-order valence-corrected chi connectivity index (χ1v) is 10.5. The van der Waals surface area contributed by atoms with Crippen molar-refractivity contribution in [3.05, 3.63) is 64.2 Å². The molecule has 10 nitrogen and oxygen atoms in total. The van der Waals surface area contributed by atoms with Gasteiger partial charge in [0, 0.05) is 17.7 Å². The standard InChI is InChI=1S/C20H22N2O8S/c1-13(18(23)21-20(2,3)4)29-19(24)14-8-10-16(11-9-14)30-31(27,28)17-7-5-6-15(12-17)22(25)26/h5-13H,1-4H3,(H,21,23). The molecular weight excluding hydrogens is 428 g/mol. The molecule has 166 valence electrons. The molecule has 0 aromatic heterocycles. The van der Waals surface area contributed by atoms with Gasteiger partial charge < -0.3 is 14.2 Å². The zero-order chi connectivity index (χ0) is 23.4. The minimum atomic E-state index is -4.32. The number of rotatable bonds is 7. The maximum atomic E-state index is 12.3. The molecule has 0 aliphatic heterocycles. The zero-order valence-electron chi connectivity index (χ0n) is 17.3. The lowest BCUT2D eigenvalue weighted by atomic mass is 10.1. The fraction of sp³-hybridized carbons (Fsp3) is 0.300. The number of benzene rings is 2. The van der Waals surface area contributed by atoms with Crippen LogP contribution >= 0.6 is 0 Å². The van der Waals surface area contributed by atoms with Crippen molar-refractivity contribution >= 4 is 27.7 Å². The minimum absolute atomic E-state index is 0.0792. The summed E-state index contributed by atoms with van der Waals surface area (Å²) in [6.45, 7) is 6.81. The Bertz CT molecular complexity index is 1090. The summed E-state index contributed by atoms with van der Waals surface area (Å²) >= 11 is 0. The largest absolute Gasteiger partial charge is 0.449 e. The van der Waals surface area contributed by atoms with E-state index in [-0.39, 0.29) is 16.2 Å². The van der Waals surface area contributed by atoms with Crippen LogP contribution in [0.3, 0.4) is 0 Å². The van der Waals surface area contributed by atoms with Crippen LogP contribution in [0.1, 0.15) is 38.1 Å². The number of amides is 1. The fourth-order valence-corrected chi connectivity index (χ4v) is 3.30. The summed E-state index contributed by atoms with van der Waals surface area (Å²) in [6.07, 6.45) is -1.03. The molecule has 0 saturated carbocycles. The number of carbonyl (C=O) groups is 2. The smallest absolute Gasteiger partial charge is 0.339 e. The molecule has 0 bridgehead atoms. The van der Waals surface area contributed by atoms with Crippen molar-refractivity contribution < 1.29 is 31.9 Å². The summed E-state index contributed by atoms with van der Waals surface area (Å²) in [5.74, 6) is -1.34. The first-order valence-electron chi connectivity index (χ1n) is 9.10. The molecule has 0 heterocycles. The highest BCUT2D eigenvalue weighted by atomic mass is 32.2. The van der Waals surface area contributed by atoms with Crippen LogP contribution < -0.4 is 9.50 Å². The fourth-order valence-electron chi connectivity index (χ4n) is 2.33. The summed E-state index contributed by atoms with van der Waals surface area (Å²) in [7, 11) is -4.32. The van der Waals surface area contributed by atoms with E-state index in [4.69, 9.17) is 8.92 Å². The average Bonchev–Trinajstić information content (AvgIpc) is 2.67. The van der Waals surface area contributed by atoms with Gasteiger partial charge in [0.2, 0.25) is 0 Å². The Morgan fingerprint density at radius 1 is 1.10 bits per heavy atom. The van der Waals surface area contributed by atoms with Crippen LogP contribution in [-0.4, -0.2) is 36.9 Å². The summed E-state index contributed by atoms with van der Waals surface area (Å²) in [5.41, 5.74) is -0.801. The maximum Gasteiger partial charge on any atom is 0.339 e. The number of hydrogen-bond donors (Lipinski definition) is 1. The Hall–Kier alpha value is -3.47. The van der Waals surface area contributed by atoms with Gasteiger partial charge in [-0.15, -0.1) is 0 Å². The van der Waals surface area contributed by atoms with Crippen molar-refractivity contribution in [2.45, 2.75) is 44.2 Å². The van der Waals surface area contributed by atoms with E-state index in [1.807, 2.05) is 0 Å². The third-order valence-corrected chi connectivity index (χ3v) is 5.01. The SMILES string of the molecule is CC(OC(=O)c1ccc(OS(=O)(=O)c2cccc([N+](=O)[O-])c2)cc1)C(=O)NC(C)(C)C. The van der Waals surface area contributed by atoms with Crippen LogP contribution in [0.25, 0.3) is 0 Å². The second kappa shape index (κ2) is 9.13. The van der Waals surface area contributed by atoms with Gasteiger partial charge >= 0.3 is 16.1 Å². The first-order chi connectivity index (χ1) is 14.3. The summed E-state index contributed by atoms with van der Waals surface area (Å²) in [5, 5.41) is 13.5. The average molecular weight is 450 g/mol. The van der Waals surface area contributed by atoms with E-state index >= 15 is 0 Å². The number of esters is 1. The number of ether oxygens (including phenoxy) is 1. The maximum absolute atomic E-state index is 12.3. The van der Waals surface area contributed by atoms with Gasteiger partial charge in [-0.3, -0.25) is 14.9 Å². The molecule has 31 heavy (non-hydrogen) atoms. The second-order valence-electron chi connectivity index (χ2n) is 7.60. The summed E-state index contributed by atoms with van der Waals surface area (Å²) in [4.78, 5) is 34.0. The molecule has 1 N–H and O–H groups in total. The lowest BCUT2D eigenvalue weighted by Gasteiger charge is -2.23. The Morgan fingerprint density at radius 3 is 2.26 bits per heavy atom. The highest BCUT2D eigenvalue weighted by Gasteiger charge is 2.23. The van der Waals surface area contributed by atoms with Crippen molar-refractivity contribution in [2.24, 2.45) is 0 Å². The number of carbonyl (C=O) groups excluding carboxylic acids is 2. The van der Waals surface area contributed by atoms with Gasteiger partial charge in [-0.2, -0.15) is 8.42 Å². The van der Waals surface area contributed by atoms with Crippen molar-refractivity contribution in [1.29, 1.82) is 0 Å². The zero-order valence-corrected chi connectivity index (χ0v) is 18.1. The van der Waals surface area contributed by atoms with E-state index < -0.39 is 44.2 Å². The lowest BCUT2D eigenvalue weighted by molar-refractivity contribution is -0.385. The van der Waals surface area contributed by atoms with E-state index in [1.165, 1.54) is 37.3 Å². The molecule has 2 aromatic rings. The molecule has 2 aromatic carbocycles. The van der Waals surface area contributed by atoms with Crippen molar-refractivity contribution in [1.82, 2.24) is 5.32 Å². The van der Waals surface area contributed by atoms with Gasteiger partial charge in [-0.05, 0) is 58.0 Å². The topological polar surface area (TPSA) is 142 Å². The van der Waals surface area contributed by atoms with E-state index in [0.29, 0.717) is 0 Å². The summed E-state index contributed by atoms with van der Waals surface area (Å²) < 4.78 is 34.8. The molecule has 0 fully saturated rings. The van der Waals surface area contributed by atoms with Gasteiger partial charge in [0.25, 0.3) is 11.6 Å². The third kappa shape index (κ3) is 6.78. The molecule has 0 aliphatic rings. The number of nitrogens with zero attached hydrogens (tertiary/aromatic N) is 1. The van der Waals surface area contributed by atoms with Gasteiger partial charge in [0.1, 0.15) is 10.6 Å². The van der Waals surface area contributed by atoms with Gasteiger partial charge in [0.15, 0.2) is 6.10 Å².